The first-order valence-electron chi connectivity index (χ1n) is 9.41. The Morgan fingerprint density at radius 1 is 1.08 bits per heavy atom. The maximum Gasteiger partial charge on any atom is 0.154 e. The van der Waals surface area contributed by atoms with Crippen molar-refractivity contribution in [1.29, 1.82) is 0 Å². The highest BCUT2D eigenvalue weighted by Gasteiger charge is 2.29. The number of aromatic nitrogens is 4. The van der Waals surface area contributed by atoms with Gasteiger partial charge in [0.05, 0.1) is 12.2 Å². The van der Waals surface area contributed by atoms with Crippen molar-refractivity contribution >= 4 is 0 Å². The quantitative estimate of drug-likeness (QED) is 0.861. The van der Waals surface area contributed by atoms with Crippen LogP contribution in [0, 0.1) is 6.92 Å². The molecule has 24 heavy (non-hydrogen) atoms. The van der Waals surface area contributed by atoms with Gasteiger partial charge in [0.15, 0.2) is 5.82 Å². The van der Waals surface area contributed by atoms with Gasteiger partial charge in [-0.25, -0.2) is 9.67 Å². The summed E-state index contributed by atoms with van der Waals surface area (Å²) < 4.78 is 2.06. The van der Waals surface area contributed by atoms with Crippen molar-refractivity contribution in [3.63, 3.8) is 0 Å². The Morgan fingerprint density at radius 2 is 1.83 bits per heavy atom. The zero-order valence-electron chi connectivity index (χ0n) is 14.6. The van der Waals surface area contributed by atoms with Crippen molar-refractivity contribution in [3.05, 3.63) is 35.7 Å². The molecule has 0 unspecified atom stereocenters. The molecule has 5 nitrogen and oxygen atoms in total. The zero-order valence-corrected chi connectivity index (χ0v) is 14.6. The summed E-state index contributed by atoms with van der Waals surface area (Å²) in [4.78, 5) is 11.8. The molecule has 3 heterocycles. The van der Waals surface area contributed by atoms with E-state index in [-0.39, 0.29) is 0 Å². The zero-order chi connectivity index (χ0) is 16.4. The van der Waals surface area contributed by atoms with Crippen LogP contribution in [-0.4, -0.2) is 37.7 Å². The largest absolute Gasteiger partial charge is 0.296 e. The first-order valence-corrected chi connectivity index (χ1v) is 9.41. The lowest BCUT2D eigenvalue weighted by Gasteiger charge is -2.24. The normalized spacial score (nSPS) is 19.9. The van der Waals surface area contributed by atoms with Crippen molar-refractivity contribution < 1.29 is 0 Å². The average molecular weight is 325 g/mol. The first kappa shape index (κ1) is 15.8. The highest BCUT2D eigenvalue weighted by atomic mass is 15.4. The summed E-state index contributed by atoms with van der Waals surface area (Å²) in [5.74, 6) is 2.70. The molecule has 2 aliphatic rings. The van der Waals surface area contributed by atoms with Crippen LogP contribution in [0.15, 0.2) is 18.3 Å². The first-order chi connectivity index (χ1) is 11.8. The third-order valence-corrected chi connectivity index (χ3v) is 5.07. The second kappa shape index (κ2) is 7.01. The lowest BCUT2D eigenvalue weighted by atomic mass is 10.1. The molecule has 1 saturated carbocycles. The molecule has 0 aromatic carbocycles. The van der Waals surface area contributed by atoms with Crippen LogP contribution < -0.4 is 0 Å². The molecule has 2 fully saturated rings. The summed E-state index contributed by atoms with van der Waals surface area (Å²) in [6, 6.07) is 4.14. The number of hydrogen-bond acceptors (Lipinski definition) is 4. The van der Waals surface area contributed by atoms with Crippen molar-refractivity contribution in [3.8, 4) is 5.69 Å². The molecule has 5 heteroatoms. The van der Waals surface area contributed by atoms with E-state index in [9.17, 15) is 0 Å². The number of likely N-dealkylation sites (tertiary alicyclic amines) is 1. The molecule has 0 N–H and O–H groups in total. The molecule has 1 aliphatic carbocycles. The third kappa shape index (κ3) is 3.66. The van der Waals surface area contributed by atoms with Gasteiger partial charge >= 0.3 is 0 Å². The van der Waals surface area contributed by atoms with Crippen LogP contribution >= 0.6 is 0 Å². The van der Waals surface area contributed by atoms with E-state index >= 15 is 0 Å². The van der Waals surface area contributed by atoms with Crippen LogP contribution in [0.3, 0.4) is 0 Å². The fraction of sp³-hybridized carbons (Fsp3) is 0.632. The van der Waals surface area contributed by atoms with Crippen molar-refractivity contribution in [2.45, 2.75) is 64.3 Å². The lowest BCUT2D eigenvalue weighted by molar-refractivity contribution is 0.233. The summed E-state index contributed by atoms with van der Waals surface area (Å²) >= 11 is 0. The van der Waals surface area contributed by atoms with Crippen LogP contribution in [0.4, 0.5) is 0 Å². The minimum absolute atomic E-state index is 0.584. The Bertz CT molecular complexity index is 681. The molecular formula is C19H27N5. The highest BCUT2D eigenvalue weighted by Crippen LogP contribution is 2.38. The maximum absolute atomic E-state index is 4.92. The second-order valence-corrected chi connectivity index (χ2v) is 7.27. The van der Waals surface area contributed by atoms with Crippen LogP contribution in [0.1, 0.15) is 68.2 Å². The van der Waals surface area contributed by atoms with Crippen molar-refractivity contribution in [2.75, 3.05) is 13.1 Å². The van der Waals surface area contributed by atoms with Crippen LogP contribution in [0.2, 0.25) is 0 Å². The van der Waals surface area contributed by atoms with Gasteiger partial charge < -0.3 is 0 Å². The summed E-state index contributed by atoms with van der Waals surface area (Å²) in [6.45, 7) is 5.29. The highest BCUT2D eigenvalue weighted by molar-refractivity contribution is 5.32. The predicted molar refractivity (Wildman–Crippen MR) is 94.2 cm³/mol. The number of nitrogens with zero attached hydrogens (tertiary/aromatic N) is 5. The Balaban J connectivity index is 1.60. The molecule has 4 rings (SSSR count). The van der Waals surface area contributed by atoms with Gasteiger partial charge in [0.1, 0.15) is 5.82 Å². The smallest absolute Gasteiger partial charge is 0.154 e. The van der Waals surface area contributed by atoms with Gasteiger partial charge in [-0.2, -0.15) is 5.10 Å². The number of pyridine rings is 1. The minimum Gasteiger partial charge on any atom is -0.296 e. The van der Waals surface area contributed by atoms with Crippen molar-refractivity contribution in [1.82, 2.24) is 24.6 Å². The third-order valence-electron chi connectivity index (χ3n) is 5.07. The Morgan fingerprint density at radius 3 is 2.54 bits per heavy atom. The van der Waals surface area contributed by atoms with Gasteiger partial charge in [-0.05, 0) is 57.8 Å². The van der Waals surface area contributed by atoms with Crippen LogP contribution in [-0.2, 0) is 6.54 Å². The van der Waals surface area contributed by atoms with Gasteiger partial charge in [0, 0.05) is 17.8 Å². The van der Waals surface area contributed by atoms with E-state index in [2.05, 4.69) is 20.6 Å². The number of hydrogen-bond donors (Lipinski definition) is 0. The second-order valence-electron chi connectivity index (χ2n) is 7.27. The van der Waals surface area contributed by atoms with Gasteiger partial charge in [0.25, 0.3) is 0 Å². The predicted octanol–water partition coefficient (Wildman–Crippen LogP) is 3.61. The van der Waals surface area contributed by atoms with E-state index in [1.165, 1.54) is 58.0 Å². The fourth-order valence-corrected chi connectivity index (χ4v) is 3.52. The van der Waals surface area contributed by atoms with E-state index < -0.39 is 0 Å². The topological polar surface area (TPSA) is 46.8 Å². The van der Waals surface area contributed by atoms with E-state index in [0.717, 1.165) is 29.6 Å². The van der Waals surface area contributed by atoms with Crippen LogP contribution in [0.25, 0.3) is 5.69 Å². The summed E-state index contributed by atoms with van der Waals surface area (Å²) in [5, 5.41) is 4.84. The van der Waals surface area contributed by atoms with Gasteiger partial charge in [-0.3, -0.25) is 9.88 Å². The molecule has 1 saturated heterocycles. The number of aryl methyl sites for hydroxylation is 1. The summed E-state index contributed by atoms with van der Waals surface area (Å²) in [6.07, 6.45) is 11.1. The van der Waals surface area contributed by atoms with E-state index in [1.807, 2.05) is 19.2 Å². The fourth-order valence-electron chi connectivity index (χ4n) is 3.52. The molecule has 2 aromatic rings. The van der Waals surface area contributed by atoms with E-state index in [1.54, 1.807) is 0 Å². The SMILES string of the molecule is Cc1cc(-n2nc(C3CC3)nc2CN2CCCCCCC2)ccn1. The molecule has 0 amide bonds. The van der Waals surface area contributed by atoms with Crippen LogP contribution in [0.5, 0.6) is 0 Å². The molecule has 0 bridgehead atoms. The molecule has 0 radical (unpaired) electrons. The molecular weight excluding hydrogens is 298 g/mol. The lowest BCUT2D eigenvalue weighted by Crippen LogP contribution is -2.28. The van der Waals surface area contributed by atoms with Gasteiger partial charge in [-0.15, -0.1) is 0 Å². The van der Waals surface area contributed by atoms with E-state index in [0.29, 0.717) is 5.92 Å². The molecule has 0 atom stereocenters. The molecule has 0 spiro atoms. The Labute approximate surface area is 144 Å². The standard InChI is InChI=1S/C19H27N5/c1-15-13-17(9-10-20-15)24-18(21-19(22-24)16-7-8-16)14-23-11-5-3-2-4-6-12-23/h9-10,13,16H,2-8,11-12,14H2,1H3. The molecule has 2 aromatic heterocycles. The molecule has 128 valence electrons. The average Bonchev–Trinajstić information content (AvgIpc) is 3.31. The van der Waals surface area contributed by atoms with Gasteiger partial charge in [-0.1, -0.05) is 19.3 Å². The van der Waals surface area contributed by atoms with Gasteiger partial charge in [0.2, 0.25) is 0 Å². The summed E-state index contributed by atoms with van der Waals surface area (Å²) in [7, 11) is 0. The minimum atomic E-state index is 0.584. The molecule has 1 aliphatic heterocycles. The maximum atomic E-state index is 4.92. The Kier molecular flexibility index (Phi) is 4.60. The van der Waals surface area contributed by atoms with Crippen molar-refractivity contribution in [2.24, 2.45) is 0 Å². The van der Waals surface area contributed by atoms with E-state index in [4.69, 9.17) is 10.1 Å². The Hall–Kier alpha value is -1.75. The number of rotatable bonds is 4. The monoisotopic (exact) mass is 325 g/mol. The summed E-state index contributed by atoms with van der Waals surface area (Å²) in [5.41, 5.74) is 2.11.